The fourth-order valence-electron chi connectivity index (χ4n) is 5.40. The van der Waals surface area contributed by atoms with Crippen LogP contribution in [0.1, 0.15) is 53.3 Å². The molecule has 35 heavy (non-hydrogen) atoms. The van der Waals surface area contributed by atoms with Crippen molar-refractivity contribution in [1.29, 1.82) is 0 Å². The zero-order valence-corrected chi connectivity index (χ0v) is 19.7. The van der Waals surface area contributed by atoms with Gasteiger partial charge in [0, 0.05) is 43.5 Å². The van der Waals surface area contributed by atoms with Crippen LogP contribution in [-0.4, -0.2) is 63.6 Å². The third kappa shape index (κ3) is 3.87. The molecule has 2 atom stereocenters. The second kappa shape index (κ2) is 8.53. The summed E-state index contributed by atoms with van der Waals surface area (Å²) in [7, 11) is 0. The van der Waals surface area contributed by atoms with Crippen molar-refractivity contribution in [2.75, 3.05) is 36.5 Å². The minimum atomic E-state index is -0.222. The van der Waals surface area contributed by atoms with Crippen LogP contribution in [0, 0.1) is 6.92 Å². The lowest BCUT2D eigenvalue weighted by Crippen LogP contribution is -2.39. The number of amides is 2. The second-order valence-electron chi connectivity index (χ2n) is 9.64. The molecule has 10 heteroatoms. The van der Waals surface area contributed by atoms with Crippen molar-refractivity contribution in [2.45, 2.75) is 44.7 Å². The first kappa shape index (κ1) is 21.8. The van der Waals surface area contributed by atoms with Crippen molar-refractivity contribution in [1.82, 2.24) is 19.5 Å². The van der Waals surface area contributed by atoms with Gasteiger partial charge in [0.05, 0.1) is 23.0 Å². The van der Waals surface area contributed by atoms with Crippen molar-refractivity contribution < 1.29 is 14.3 Å². The summed E-state index contributed by atoms with van der Waals surface area (Å²) in [6.07, 6.45) is 5.75. The molecule has 182 valence electrons. The Kier molecular flexibility index (Phi) is 5.32. The summed E-state index contributed by atoms with van der Waals surface area (Å²) in [6.45, 7) is 4.29. The lowest BCUT2D eigenvalue weighted by molar-refractivity contribution is -0.118. The number of rotatable bonds is 3. The first-order valence-corrected chi connectivity index (χ1v) is 12.2. The fraction of sp³-hybridized carbons (Fsp3) is 0.440. The summed E-state index contributed by atoms with van der Waals surface area (Å²) < 4.78 is 7.46. The predicted octanol–water partition coefficient (Wildman–Crippen LogP) is 2.27. The molecule has 3 aliphatic heterocycles. The lowest BCUT2D eigenvalue weighted by atomic mass is 9.97. The van der Waals surface area contributed by atoms with Crippen molar-refractivity contribution in [3.05, 3.63) is 47.3 Å². The van der Waals surface area contributed by atoms with E-state index in [1.807, 2.05) is 28.6 Å². The number of fused-ring (bicyclic) bond motifs is 2. The Labute approximate surface area is 203 Å². The third-order valence-corrected chi connectivity index (χ3v) is 7.12. The van der Waals surface area contributed by atoms with Gasteiger partial charge in [-0.2, -0.15) is 5.10 Å². The summed E-state index contributed by atoms with van der Waals surface area (Å²) >= 11 is 0. The summed E-state index contributed by atoms with van der Waals surface area (Å²) in [5, 5.41) is 7.62. The molecule has 3 aromatic rings. The van der Waals surface area contributed by atoms with Gasteiger partial charge in [0.15, 0.2) is 18.0 Å². The number of nitrogens with zero attached hydrogens (tertiary/aromatic N) is 5. The number of hydrogen-bond donors (Lipinski definition) is 2. The second-order valence-corrected chi connectivity index (χ2v) is 9.64. The molecular weight excluding hydrogens is 446 g/mol. The molecular formula is C25H29N7O3. The molecule has 0 spiro atoms. The topological polar surface area (TPSA) is 118 Å². The van der Waals surface area contributed by atoms with Gasteiger partial charge in [0.1, 0.15) is 5.82 Å². The normalized spacial score (nSPS) is 22.2. The number of nitrogens with two attached hydrogens (primary N) is 1. The van der Waals surface area contributed by atoms with E-state index in [4.69, 9.17) is 20.6 Å². The average molecular weight is 476 g/mol. The molecule has 0 aliphatic carbocycles. The van der Waals surface area contributed by atoms with Crippen molar-refractivity contribution in [3.8, 4) is 5.75 Å². The quantitative estimate of drug-likeness (QED) is 0.597. The number of aromatic nitrogens is 3. The number of anilines is 2. The first-order chi connectivity index (χ1) is 17.0. The highest BCUT2D eigenvalue weighted by Crippen LogP contribution is 2.37. The number of carbonyl (C=O) groups is 2. The molecule has 2 aromatic heterocycles. The molecule has 3 N–H and O–H groups in total. The Morgan fingerprint density at radius 3 is 2.94 bits per heavy atom. The number of nitrogens with one attached hydrogen (secondary N) is 1. The maximum atomic E-state index is 13.7. The van der Waals surface area contributed by atoms with E-state index in [-0.39, 0.29) is 30.5 Å². The van der Waals surface area contributed by atoms with E-state index < -0.39 is 0 Å². The van der Waals surface area contributed by atoms with Gasteiger partial charge in [-0.25, -0.2) is 9.50 Å². The molecule has 6 rings (SSSR count). The van der Waals surface area contributed by atoms with Gasteiger partial charge in [-0.3, -0.25) is 9.59 Å². The SMILES string of the molecule is Cc1cn2nc([C@@H]3CCCCN3C(=O)c3cccc4c3OCC(=O)N4)cc2nc1N1CC[C@H](N)C1. The summed E-state index contributed by atoms with van der Waals surface area (Å²) in [5.41, 5.74) is 9.75. The molecule has 2 amide bonds. The van der Waals surface area contributed by atoms with Gasteiger partial charge < -0.3 is 25.6 Å². The number of aryl methyl sites for hydroxylation is 1. The van der Waals surface area contributed by atoms with Gasteiger partial charge in [-0.05, 0) is 44.7 Å². The molecule has 2 fully saturated rings. The van der Waals surface area contributed by atoms with E-state index in [2.05, 4.69) is 10.2 Å². The standard InChI is InChI=1S/C25H29N7O3/c1-15-12-32-21(28-24(15)30-10-8-16(26)13-30)11-19(29-32)20-7-2-3-9-31(20)25(34)17-5-4-6-18-23(17)35-14-22(33)27-18/h4-6,11-12,16,20H,2-3,7-10,13-14,26H2,1H3,(H,27,33)/t16-,20-/m0/s1. The Hall–Kier alpha value is -3.66. The van der Waals surface area contributed by atoms with E-state index in [1.165, 1.54) is 0 Å². The minimum Gasteiger partial charge on any atom is -0.481 e. The fourth-order valence-corrected chi connectivity index (χ4v) is 5.40. The van der Waals surface area contributed by atoms with Crippen molar-refractivity contribution in [3.63, 3.8) is 0 Å². The van der Waals surface area contributed by atoms with Crippen LogP contribution in [0.5, 0.6) is 5.75 Å². The summed E-state index contributed by atoms with van der Waals surface area (Å²) in [4.78, 5) is 34.5. The number of benzene rings is 1. The van der Waals surface area contributed by atoms with Gasteiger partial charge >= 0.3 is 0 Å². The highest BCUT2D eigenvalue weighted by atomic mass is 16.5. The van der Waals surface area contributed by atoms with Crippen LogP contribution in [0.3, 0.4) is 0 Å². The Morgan fingerprint density at radius 1 is 1.23 bits per heavy atom. The molecule has 1 aromatic carbocycles. The number of hydrogen-bond acceptors (Lipinski definition) is 7. The van der Waals surface area contributed by atoms with Crippen LogP contribution in [0.15, 0.2) is 30.5 Å². The van der Waals surface area contributed by atoms with Gasteiger partial charge in [0.25, 0.3) is 11.8 Å². The number of piperidine rings is 1. The molecule has 10 nitrogen and oxygen atoms in total. The highest BCUT2D eigenvalue weighted by Gasteiger charge is 2.33. The molecule has 2 saturated heterocycles. The first-order valence-electron chi connectivity index (χ1n) is 12.2. The third-order valence-electron chi connectivity index (χ3n) is 7.12. The van der Waals surface area contributed by atoms with Gasteiger partial charge in [0.2, 0.25) is 0 Å². The number of ether oxygens (including phenoxy) is 1. The molecule has 0 unspecified atom stereocenters. The van der Waals surface area contributed by atoms with E-state index in [0.717, 1.165) is 61.5 Å². The molecule has 3 aliphatic rings. The average Bonchev–Trinajstić information content (AvgIpc) is 3.48. The Bertz CT molecular complexity index is 1320. The van der Waals surface area contributed by atoms with Crippen molar-refractivity contribution in [2.24, 2.45) is 5.73 Å². The van der Waals surface area contributed by atoms with Crippen LogP contribution in [0.4, 0.5) is 11.5 Å². The van der Waals surface area contributed by atoms with Crippen LogP contribution < -0.4 is 20.7 Å². The minimum absolute atomic E-state index is 0.0948. The van der Waals surface area contributed by atoms with E-state index >= 15 is 0 Å². The Balaban J connectivity index is 1.33. The molecule has 0 radical (unpaired) electrons. The number of para-hydroxylation sites is 1. The van der Waals surface area contributed by atoms with Gasteiger partial charge in [-0.1, -0.05) is 6.07 Å². The zero-order chi connectivity index (χ0) is 24.1. The maximum absolute atomic E-state index is 13.7. The maximum Gasteiger partial charge on any atom is 0.262 e. The predicted molar refractivity (Wildman–Crippen MR) is 131 cm³/mol. The Morgan fingerprint density at radius 2 is 2.11 bits per heavy atom. The smallest absolute Gasteiger partial charge is 0.262 e. The van der Waals surface area contributed by atoms with Crippen LogP contribution in [0.2, 0.25) is 0 Å². The van der Waals surface area contributed by atoms with Gasteiger partial charge in [-0.15, -0.1) is 0 Å². The zero-order valence-electron chi connectivity index (χ0n) is 19.7. The number of carbonyl (C=O) groups excluding carboxylic acids is 2. The van der Waals surface area contributed by atoms with E-state index in [0.29, 0.717) is 23.5 Å². The summed E-state index contributed by atoms with van der Waals surface area (Å²) in [5.74, 6) is 1.04. The van der Waals surface area contributed by atoms with Crippen LogP contribution >= 0.6 is 0 Å². The molecule has 5 heterocycles. The monoisotopic (exact) mass is 475 g/mol. The van der Waals surface area contributed by atoms with Crippen molar-refractivity contribution >= 4 is 29.0 Å². The molecule has 0 bridgehead atoms. The number of likely N-dealkylation sites (tertiary alicyclic amines) is 1. The lowest BCUT2D eigenvalue weighted by Gasteiger charge is -2.35. The summed E-state index contributed by atoms with van der Waals surface area (Å²) in [6, 6.07) is 7.28. The molecule has 0 saturated carbocycles. The van der Waals surface area contributed by atoms with E-state index in [9.17, 15) is 9.59 Å². The van der Waals surface area contributed by atoms with Crippen LogP contribution in [-0.2, 0) is 4.79 Å². The van der Waals surface area contributed by atoms with E-state index in [1.54, 1.807) is 18.2 Å². The van der Waals surface area contributed by atoms with Crippen LogP contribution in [0.25, 0.3) is 5.65 Å². The largest absolute Gasteiger partial charge is 0.481 e. The highest BCUT2D eigenvalue weighted by molar-refractivity contribution is 6.03.